The van der Waals surface area contributed by atoms with E-state index in [4.69, 9.17) is 0 Å². The molecule has 0 unspecified atom stereocenters. The monoisotopic (exact) mass is 273 g/mol. The molecule has 1 aromatic heterocycles. The van der Waals surface area contributed by atoms with Gasteiger partial charge in [0, 0.05) is 32.0 Å². The summed E-state index contributed by atoms with van der Waals surface area (Å²) in [7, 11) is 0. The number of nitrogens with one attached hydrogen (secondary N) is 1. The molecule has 2 heterocycles. The van der Waals surface area contributed by atoms with Crippen LogP contribution in [0.3, 0.4) is 0 Å². The van der Waals surface area contributed by atoms with Crippen LogP contribution in [0.4, 0.5) is 4.79 Å². The molecular formula is C16H23N3O. The molecule has 0 radical (unpaired) electrons. The minimum Gasteiger partial charge on any atom is -0.334 e. The summed E-state index contributed by atoms with van der Waals surface area (Å²) in [6, 6.07) is 3.97. The Hall–Kier alpha value is -1.58. The summed E-state index contributed by atoms with van der Waals surface area (Å²) in [5, 5.41) is 3.02. The molecule has 4 nitrogen and oxygen atoms in total. The van der Waals surface area contributed by atoms with Gasteiger partial charge in [0.05, 0.1) is 0 Å². The number of hydrogen-bond donors (Lipinski definition) is 1. The van der Waals surface area contributed by atoms with E-state index < -0.39 is 0 Å². The van der Waals surface area contributed by atoms with Crippen molar-refractivity contribution in [3.8, 4) is 0 Å². The van der Waals surface area contributed by atoms with E-state index in [0.29, 0.717) is 12.0 Å². The largest absolute Gasteiger partial charge is 0.334 e. The molecule has 1 saturated carbocycles. The van der Waals surface area contributed by atoms with Crippen LogP contribution in [0.15, 0.2) is 24.5 Å². The van der Waals surface area contributed by atoms with Crippen LogP contribution in [-0.4, -0.2) is 29.0 Å². The van der Waals surface area contributed by atoms with E-state index in [2.05, 4.69) is 10.3 Å². The normalized spacial score (nSPS) is 21.1. The van der Waals surface area contributed by atoms with Gasteiger partial charge in [0.1, 0.15) is 0 Å². The second kappa shape index (κ2) is 5.81. The van der Waals surface area contributed by atoms with Gasteiger partial charge in [0.2, 0.25) is 0 Å². The van der Waals surface area contributed by atoms with Crippen molar-refractivity contribution in [1.82, 2.24) is 15.2 Å². The first-order valence-electron chi connectivity index (χ1n) is 7.69. The molecular weight excluding hydrogens is 250 g/mol. The Morgan fingerprint density at radius 2 is 2.10 bits per heavy atom. The summed E-state index contributed by atoms with van der Waals surface area (Å²) in [5.74, 6) is 0. The molecule has 4 heteroatoms. The van der Waals surface area contributed by atoms with Crippen LogP contribution < -0.4 is 5.32 Å². The minimum atomic E-state index is 0.0832. The van der Waals surface area contributed by atoms with E-state index in [-0.39, 0.29) is 6.03 Å². The molecule has 1 aliphatic carbocycles. The Bertz CT molecular complexity index is 454. The number of hydrogen-bond acceptors (Lipinski definition) is 2. The molecule has 1 aromatic rings. The van der Waals surface area contributed by atoms with Crippen molar-refractivity contribution in [2.24, 2.45) is 5.41 Å². The third-order valence-electron chi connectivity index (χ3n) is 4.78. The van der Waals surface area contributed by atoms with Crippen molar-refractivity contribution >= 4 is 6.03 Å². The third-order valence-corrected chi connectivity index (χ3v) is 4.78. The summed E-state index contributed by atoms with van der Waals surface area (Å²) >= 11 is 0. The lowest BCUT2D eigenvalue weighted by Crippen LogP contribution is -2.48. The van der Waals surface area contributed by atoms with E-state index in [1.165, 1.54) is 32.1 Å². The Labute approximate surface area is 120 Å². The number of amides is 2. The standard InChI is InChI=1S/C16H23N3O/c20-15(18-12-14-5-3-9-17-11-14)19-10-4-8-16(13-19)6-1-2-7-16/h3,5,9,11H,1-2,4,6-8,10,12-13H2,(H,18,20). The lowest BCUT2D eigenvalue weighted by atomic mass is 9.78. The number of nitrogens with zero attached hydrogens (tertiary/aromatic N) is 2. The predicted octanol–water partition coefficient (Wildman–Crippen LogP) is 2.95. The smallest absolute Gasteiger partial charge is 0.317 e. The van der Waals surface area contributed by atoms with Crippen molar-refractivity contribution in [1.29, 1.82) is 0 Å². The van der Waals surface area contributed by atoms with Crippen molar-refractivity contribution in [3.63, 3.8) is 0 Å². The maximum absolute atomic E-state index is 12.3. The van der Waals surface area contributed by atoms with Gasteiger partial charge in [-0.3, -0.25) is 4.98 Å². The zero-order chi connectivity index (χ0) is 13.8. The topological polar surface area (TPSA) is 45.2 Å². The maximum atomic E-state index is 12.3. The van der Waals surface area contributed by atoms with Gasteiger partial charge < -0.3 is 10.2 Å². The van der Waals surface area contributed by atoms with Gasteiger partial charge in [-0.1, -0.05) is 18.9 Å². The highest BCUT2D eigenvalue weighted by atomic mass is 16.2. The van der Waals surface area contributed by atoms with Crippen LogP contribution in [-0.2, 0) is 6.54 Å². The molecule has 2 fully saturated rings. The molecule has 2 amide bonds. The Kier molecular flexibility index (Phi) is 3.90. The van der Waals surface area contributed by atoms with Gasteiger partial charge in [-0.25, -0.2) is 4.79 Å². The van der Waals surface area contributed by atoms with Crippen LogP contribution in [0, 0.1) is 5.41 Å². The van der Waals surface area contributed by atoms with Gasteiger partial charge in [-0.15, -0.1) is 0 Å². The molecule has 20 heavy (non-hydrogen) atoms. The van der Waals surface area contributed by atoms with E-state index in [1.54, 1.807) is 12.4 Å². The Morgan fingerprint density at radius 3 is 2.85 bits per heavy atom. The average Bonchev–Trinajstić information content (AvgIpc) is 2.93. The number of likely N-dealkylation sites (tertiary alicyclic amines) is 1. The lowest BCUT2D eigenvalue weighted by molar-refractivity contribution is 0.109. The van der Waals surface area contributed by atoms with Gasteiger partial charge in [0.25, 0.3) is 0 Å². The van der Waals surface area contributed by atoms with E-state index in [9.17, 15) is 4.79 Å². The summed E-state index contributed by atoms with van der Waals surface area (Å²) in [6.07, 6.45) is 11.3. The first-order chi connectivity index (χ1) is 9.77. The van der Waals surface area contributed by atoms with Gasteiger partial charge in [0.15, 0.2) is 0 Å². The van der Waals surface area contributed by atoms with Crippen LogP contribution in [0.5, 0.6) is 0 Å². The molecule has 108 valence electrons. The minimum absolute atomic E-state index is 0.0832. The van der Waals surface area contributed by atoms with Crippen LogP contribution in [0.1, 0.15) is 44.1 Å². The van der Waals surface area contributed by atoms with Crippen LogP contribution >= 0.6 is 0 Å². The number of carbonyl (C=O) groups excluding carboxylic acids is 1. The quantitative estimate of drug-likeness (QED) is 0.900. The highest BCUT2D eigenvalue weighted by molar-refractivity contribution is 5.74. The molecule has 3 rings (SSSR count). The van der Waals surface area contributed by atoms with Gasteiger partial charge in [-0.05, 0) is 42.7 Å². The Morgan fingerprint density at radius 1 is 1.30 bits per heavy atom. The fourth-order valence-electron chi connectivity index (χ4n) is 3.71. The van der Waals surface area contributed by atoms with Crippen molar-refractivity contribution in [3.05, 3.63) is 30.1 Å². The second-order valence-electron chi connectivity index (χ2n) is 6.25. The number of aromatic nitrogens is 1. The SMILES string of the molecule is O=C(NCc1cccnc1)N1CCCC2(CCCC2)C1. The maximum Gasteiger partial charge on any atom is 0.317 e. The molecule has 1 N–H and O–H groups in total. The van der Waals surface area contributed by atoms with Gasteiger partial charge in [-0.2, -0.15) is 0 Å². The first-order valence-corrected chi connectivity index (χ1v) is 7.69. The van der Waals surface area contributed by atoms with Crippen molar-refractivity contribution in [2.45, 2.75) is 45.1 Å². The zero-order valence-electron chi connectivity index (χ0n) is 12.0. The van der Waals surface area contributed by atoms with Crippen LogP contribution in [0.2, 0.25) is 0 Å². The van der Waals surface area contributed by atoms with Crippen molar-refractivity contribution < 1.29 is 4.79 Å². The number of urea groups is 1. The molecule has 0 aromatic carbocycles. The summed E-state index contributed by atoms with van der Waals surface area (Å²) in [5.41, 5.74) is 1.48. The highest BCUT2D eigenvalue weighted by Gasteiger charge is 2.39. The number of carbonyl (C=O) groups is 1. The molecule has 1 spiro atoms. The molecule has 1 saturated heterocycles. The summed E-state index contributed by atoms with van der Waals surface area (Å²) in [6.45, 7) is 2.42. The van der Waals surface area contributed by atoms with Crippen molar-refractivity contribution in [2.75, 3.05) is 13.1 Å². The first kappa shape index (κ1) is 13.4. The van der Waals surface area contributed by atoms with E-state index in [0.717, 1.165) is 25.1 Å². The number of piperidine rings is 1. The van der Waals surface area contributed by atoms with E-state index in [1.807, 2.05) is 17.0 Å². The van der Waals surface area contributed by atoms with E-state index >= 15 is 0 Å². The number of pyridine rings is 1. The molecule has 0 bridgehead atoms. The Balaban J connectivity index is 1.54. The molecule has 0 atom stereocenters. The molecule has 1 aliphatic heterocycles. The zero-order valence-corrected chi connectivity index (χ0v) is 12.0. The van der Waals surface area contributed by atoms with Crippen LogP contribution in [0.25, 0.3) is 0 Å². The number of rotatable bonds is 2. The fraction of sp³-hybridized carbons (Fsp3) is 0.625. The highest BCUT2D eigenvalue weighted by Crippen LogP contribution is 2.44. The average molecular weight is 273 g/mol. The third kappa shape index (κ3) is 2.94. The lowest BCUT2D eigenvalue weighted by Gasteiger charge is -2.40. The summed E-state index contributed by atoms with van der Waals surface area (Å²) in [4.78, 5) is 18.4. The predicted molar refractivity (Wildman–Crippen MR) is 78.2 cm³/mol. The second-order valence-corrected chi connectivity index (χ2v) is 6.25. The molecule has 2 aliphatic rings. The fourth-order valence-corrected chi connectivity index (χ4v) is 3.71. The van der Waals surface area contributed by atoms with Gasteiger partial charge >= 0.3 is 6.03 Å². The summed E-state index contributed by atoms with van der Waals surface area (Å²) < 4.78 is 0.